The Morgan fingerprint density at radius 1 is 1.38 bits per heavy atom. The highest BCUT2D eigenvalue weighted by Crippen LogP contribution is 2.09. The Morgan fingerprint density at radius 2 is 1.88 bits per heavy atom. The van der Waals surface area contributed by atoms with Gasteiger partial charge in [-0.3, -0.25) is 4.79 Å². The number of nitrogens with two attached hydrogens (primary N) is 1. The van der Waals surface area contributed by atoms with E-state index in [1.54, 1.807) is 0 Å². The molecule has 0 aromatic carbocycles. The van der Waals surface area contributed by atoms with Crippen molar-refractivity contribution in [1.82, 2.24) is 4.72 Å². The van der Waals surface area contributed by atoms with Gasteiger partial charge < -0.3 is 10.8 Å². The predicted molar refractivity (Wildman–Crippen MR) is 61.5 cm³/mol. The summed E-state index contributed by atoms with van der Waals surface area (Å²) in [7, 11) is -3.54. The molecule has 0 bridgehead atoms. The fourth-order valence-corrected chi connectivity index (χ4v) is 2.14. The van der Waals surface area contributed by atoms with E-state index >= 15 is 0 Å². The third kappa shape index (κ3) is 6.04. The second kappa shape index (κ2) is 6.17. The van der Waals surface area contributed by atoms with Crippen LogP contribution in [0.2, 0.25) is 0 Å². The van der Waals surface area contributed by atoms with Crippen LogP contribution in [0.15, 0.2) is 0 Å². The van der Waals surface area contributed by atoms with E-state index in [1.807, 2.05) is 13.8 Å². The Morgan fingerprint density at radius 3 is 2.25 bits per heavy atom. The molecule has 4 N–H and O–H groups in total. The highest BCUT2D eigenvalue weighted by molar-refractivity contribution is 7.89. The smallest absolute Gasteiger partial charge is 0.304 e. The fourth-order valence-electron chi connectivity index (χ4n) is 1.05. The zero-order chi connectivity index (χ0) is 12.8. The van der Waals surface area contributed by atoms with E-state index in [9.17, 15) is 13.2 Å². The molecular formula is C9H20N2O4S. The summed E-state index contributed by atoms with van der Waals surface area (Å²) >= 11 is 0. The lowest BCUT2D eigenvalue weighted by molar-refractivity contribution is -0.136. The van der Waals surface area contributed by atoms with Crippen LogP contribution >= 0.6 is 0 Å². The van der Waals surface area contributed by atoms with Gasteiger partial charge in [-0.25, -0.2) is 13.1 Å². The van der Waals surface area contributed by atoms with Crippen molar-refractivity contribution in [2.75, 3.05) is 12.3 Å². The zero-order valence-corrected chi connectivity index (χ0v) is 10.5. The summed E-state index contributed by atoms with van der Waals surface area (Å²) in [4.78, 5) is 10.2. The molecule has 7 heteroatoms. The van der Waals surface area contributed by atoms with Crippen LogP contribution in [-0.2, 0) is 14.8 Å². The molecule has 0 unspecified atom stereocenters. The van der Waals surface area contributed by atoms with Crippen molar-refractivity contribution in [1.29, 1.82) is 0 Å². The zero-order valence-electron chi connectivity index (χ0n) is 9.69. The molecule has 16 heavy (non-hydrogen) atoms. The predicted octanol–water partition coefficient (Wildman–Crippen LogP) is -0.102. The van der Waals surface area contributed by atoms with Gasteiger partial charge in [-0.05, 0) is 12.8 Å². The van der Waals surface area contributed by atoms with Crippen LogP contribution in [0.3, 0.4) is 0 Å². The number of carboxylic acids is 1. The van der Waals surface area contributed by atoms with Gasteiger partial charge >= 0.3 is 5.97 Å². The summed E-state index contributed by atoms with van der Waals surface area (Å²) in [5.41, 5.74) is 5.36. The number of hydrogen-bond donors (Lipinski definition) is 3. The van der Waals surface area contributed by atoms with Crippen LogP contribution in [0.1, 0.15) is 33.1 Å². The Labute approximate surface area is 96.3 Å². The topological polar surface area (TPSA) is 109 Å². The van der Waals surface area contributed by atoms with E-state index < -0.39 is 33.7 Å². The van der Waals surface area contributed by atoms with Gasteiger partial charge in [0, 0.05) is 12.1 Å². The molecule has 0 fully saturated rings. The summed E-state index contributed by atoms with van der Waals surface area (Å²) in [5.74, 6) is -1.54. The number of sulfonamides is 1. The van der Waals surface area contributed by atoms with Gasteiger partial charge in [0.15, 0.2) is 0 Å². The van der Waals surface area contributed by atoms with Gasteiger partial charge in [-0.2, -0.15) is 0 Å². The van der Waals surface area contributed by atoms with Crippen molar-refractivity contribution in [2.45, 2.75) is 38.6 Å². The molecule has 6 nitrogen and oxygen atoms in total. The summed E-state index contributed by atoms with van der Waals surface area (Å²) in [6.45, 7) is 3.91. The molecule has 0 aromatic rings. The quantitative estimate of drug-likeness (QED) is 0.558. The average molecular weight is 252 g/mol. The second-order valence-electron chi connectivity index (χ2n) is 3.85. The third-order valence-corrected chi connectivity index (χ3v) is 3.96. The standard InChI is InChI=1S/C9H20N2O4S/c1-3-9(10,4-2)7-11-16(14,15)6-5-8(12)13/h11H,3-7,10H2,1-2H3,(H,12,13). The van der Waals surface area contributed by atoms with Crippen molar-refractivity contribution in [2.24, 2.45) is 5.73 Å². The van der Waals surface area contributed by atoms with Crippen LogP contribution in [-0.4, -0.2) is 37.3 Å². The van der Waals surface area contributed by atoms with E-state index in [-0.39, 0.29) is 6.54 Å². The molecule has 0 rings (SSSR count). The monoisotopic (exact) mass is 252 g/mol. The Balaban J connectivity index is 4.23. The minimum Gasteiger partial charge on any atom is -0.481 e. The molecule has 0 saturated heterocycles. The Bertz CT molecular complexity index is 322. The maximum Gasteiger partial charge on any atom is 0.304 e. The van der Waals surface area contributed by atoms with Crippen LogP contribution in [0, 0.1) is 0 Å². The van der Waals surface area contributed by atoms with Gasteiger partial charge in [0.05, 0.1) is 12.2 Å². The van der Waals surface area contributed by atoms with Gasteiger partial charge in [-0.15, -0.1) is 0 Å². The lowest BCUT2D eigenvalue weighted by Crippen LogP contribution is -2.49. The number of hydrogen-bond acceptors (Lipinski definition) is 4. The molecule has 0 saturated carbocycles. The minimum atomic E-state index is -3.54. The molecule has 0 radical (unpaired) electrons. The maximum atomic E-state index is 11.4. The van der Waals surface area contributed by atoms with E-state index in [2.05, 4.69) is 4.72 Å². The first-order valence-electron chi connectivity index (χ1n) is 5.22. The number of nitrogens with one attached hydrogen (secondary N) is 1. The Hall–Kier alpha value is -0.660. The number of carboxylic acid groups (broad SMARTS) is 1. The van der Waals surface area contributed by atoms with Gasteiger partial charge in [0.1, 0.15) is 0 Å². The molecule has 0 spiro atoms. The number of aliphatic carboxylic acids is 1. The van der Waals surface area contributed by atoms with E-state index in [1.165, 1.54) is 0 Å². The average Bonchev–Trinajstić information content (AvgIpc) is 2.24. The van der Waals surface area contributed by atoms with E-state index in [4.69, 9.17) is 10.8 Å². The van der Waals surface area contributed by atoms with E-state index in [0.717, 1.165) is 0 Å². The van der Waals surface area contributed by atoms with Crippen molar-refractivity contribution in [3.05, 3.63) is 0 Å². The largest absolute Gasteiger partial charge is 0.481 e. The molecule has 0 aliphatic rings. The van der Waals surface area contributed by atoms with Crippen molar-refractivity contribution >= 4 is 16.0 Å². The first-order valence-corrected chi connectivity index (χ1v) is 6.88. The van der Waals surface area contributed by atoms with Crippen molar-refractivity contribution in [3.8, 4) is 0 Å². The normalized spacial score (nSPS) is 12.7. The van der Waals surface area contributed by atoms with Crippen LogP contribution in [0.25, 0.3) is 0 Å². The van der Waals surface area contributed by atoms with Crippen LogP contribution in [0.4, 0.5) is 0 Å². The van der Waals surface area contributed by atoms with Crippen molar-refractivity contribution in [3.63, 3.8) is 0 Å². The summed E-state index contributed by atoms with van der Waals surface area (Å²) in [5, 5.41) is 8.38. The van der Waals surface area contributed by atoms with Gasteiger partial charge in [-0.1, -0.05) is 13.8 Å². The SMILES string of the molecule is CCC(N)(CC)CNS(=O)(=O)CCC(=O)O. The van der Waals surface area contributed by atoms with Gasteiger partial charge in [0.2, 0.25) is 10.0 Å². The number of rotatable bonds is 8. The highest BCUT2D eigenvalue weighted by Gasteiger charge is 2.23. The third-order valence-electron chi connectivity index (χ3n) is 2.64. The lowest BCUT2D eigenvalue weighted by atomic mass is 9.95. The summed E-state index contributed by atoms with van der Waals surface area (Å²) in [6.07, 6.45) is 0.918. The molecule has 0 aliphatic heterocycles. The molecule has 0 aliphatic carbocycles. The van der Waals surface area contributed by atoms with E-state index in [0.29, 0.717) is 12.8 Å². The molecular weight excluding hydrogens is 232 g/mol. The molecule has 0 amide bonds. The van der Waals surface area contributed by atoms with Crippen LogP contribution in [0.5, 0.6) is 0 Å². The lowest BCUT2D eigenvalue weighted by Gasteiger charge is -2.26. The van der Waals surface area contributed by atoms with Crippen molar-refractivity contribution < 1.29 is 18.3 Å². The molecule has 0 heterocycles. The fraction of sp³-hybridized carbons (Fsp3) is 0.889. The maximum absolute atomic E-state index is 11.4. The highest BCUT2D eigenvalue weighted by atomic mass is 32.2. The minimum absolute atomic E-state index is 0.141. The van der Waals surface area contributed by atoms with Gasteiger partial charge in [0.25, 0.3) is 0 Å². The molecule has 0 atom stereocenters. The van der Waals surface area contributed by atoms with Crippen LogP contribution < -0.4 is 10.5 Å². The summed E-state index contributed by atoms with van der Waals surface area (Å²) in [6, 6.07) is 0. The first kappa shape index (κ1) is 15.3. The number of carbonyl (C=O) groups is 1. The summed E-state index contributed by atoms with van der Waals surface area (Å²) < 4.78 is 25.1. The molecule has 0 aromatic heterocycles. The first-order chi connectivity index (χ1) is 7.24. The molecule has 96 valence electrons. The Kier molecular flexibility index (Phi) is 5.91. The second-order valence-corrected chi connectivity index (χ2v) is 5.78.